The molecule has 0 aliphatic carbocycles. The van der Waals surface area contributed by atoms with Gasteiger partial charge in [0.2, 0.25) is 0 Å². The number of aryl methyl sites for hydroxylation is 1. The van der Waals surface area contributed by atoms with E-state index in [1.54, 1.807) is 0 Å². The lowest BCUT2D eigenvalue weighted by Gasteiger charge is -2.32. The molecule has 22 heavy (non-hydrogen) atoms. The third-order valence-electron chi connectivity index (χ3n) is 4.83. The minimum atomic E-state index is 0.299. The average Bonchev–Trinajstić information content (AvgIpc) is 2.98. The summed E-state index contributed by atoms with van der Waals surface area (Å²) in [5.41, 5.74) is 9.29. The van der Waals surface area contributed by atoms with E-state index in [0.29, 0.717) is 12.0 Å². The van der Waals surface area contributed by atoms with Gasteiger partial charge < -0.3 is 15.1 Å². The normalized spacial score (nSPS) is 18.9. The van der Waals surface area contributed by atoms with E-state index in [-0.39, 0.29) is 0 Å². The van der Waals surface area contributed by atoms with Gasteiger partial charge in [-0.3, -0.25) is 0 Å². The predicted molar refractivity (Wildman–Crippen MR) is 90.1 cm³/mol. The third-order valence-corrected chi connectivity index (χ3v) is 4.83. The Morgan fingerprint density at radius 2 is 2.09 bits per heavy atom. The summed E-state index contributed by atoms with van der Waals surface area (Å²) in [5.74, 6) is 1.37. The standard InChI is InChI=1S/C18H27N3O/c1-3-13-5-6-17-16(11-13)20-18(22-17)14-7-9-21(10-8-14)12-15(19)4-2/h5-6,11,14-15H,3-4,7-10,12,19H2,1-2H3. The summed E-state index contributed by atoms with van der Waals surface area (Å²) in [5, 5.41) is 0. The molecule has 0 amide bonds. The lowest BCUT2D eigenvalue weighted by atomic mass is 9.96. The summed E-state index contributed by atoms with van der Waals surface area (Å²) in [7, 11) is 0. The first-order chi connectivity index (χ1) is 10.7. The molecule has 2 aromatic rings. The second kappa shape index (κ2) is 6.80. The lowest BCUT2D eigenvalue weighted by molar-refractivity contribution is 0.190. The number of benzene rings is 1. The van der Waals surface area contributed by atoms with Gasteiger partial charge in [-0.1, -0.05) is 19.9 Å². The van der Waals surface area contributed by atoms with Crippen LogP contribution in [-0.2, 0) is 6.42 Å². The van der Waals surface area contributed by atoms with E-state index in [1.165, 1.54) is 5.56 Å². The highest BCUT2D eigenvalue weighted by Crippen LogP contribution is 2.30. The number of hydrogen-bond donors (Lipinski definition) is 1. The summed E-state index contributed by atoms with van der Waals surface area (Å²) < 4.78 is 5.99. The molecule has 0 saturated carbocycles. The maximum atomic E-state index is 6.06. The van der Waals surface area contributed by atoms with E-state index in [2.05, 4.69) is 36.9 Å². The van der Waals surface area contributed by atoms with Crippen molar-refractivity contribution in [1.82, 2.24) is 9.88 Å². The Morgan fingerprint density at radius 3 is 2.77 bits per heavy atom. The van der Waals surface area contributed by atoms with Gasteiger partial charge >= 0.3 is 0 Å². The summed E-state index contributed by atoms with van der Waals surface area (Å²) in [4.78, 5) is 7.21. The van der Waals surface area contributed by atoms with Crippen LogP contribution in [0.1, 0.15) is 50.5 Å². The molecule has 0 spiro atoms. The average molecular weight is 301 g/mol. The molecular formula is C18H27N3O. The van der Waals surface area contributed by atoms with Crippen molar-refractivity contribution in [3.05, 3.63) is 29.7 Å². The second-order valence-electron chi connectivity index (χ2n) is 6.45. The molecule has 4 heteroatoms. The molecule has 1 fully saturated rings. The molecule has 4 nitrogen and oxygen atoms in total. The maximum absolute atomic E-state index is 6.06. The first-order valence-corrected chi connectivity index (χ1v) is 8.56. The van der Waals surface area contributed by atoms with Crippen LogP contribution in [0.2, 0.25) is 0 Å². The number of nitrogens with two attached hydrogens (primary N) is 1. The summed E-state index contributed by atoms with van der Waals surface area (Å²) in [6.45, 7) is 7.52. The number of nitrogens with zero attached hydrogens (tertiary/aromatic N) is 2. The van der Waals surface area contributed by atoms with Crippen LogP contribution < -0.4 is 5.73 Å². The fourth-order valence-corrected chi connectivity index (χ4v) is 3.21. The molecule has 0 radical (unpaired) electrons. The number of oxazole rings is 1. The molecule has 1 saturated heterocycles. The number of hydrogen-bond acceptors (Lipinski definition) is 4. The number of rotatable bonds is 5. The number of likely N-dealkylation sites (tertiary alicyclic amines) is 1. The summed E-state index contributed by atoms with van der Waals surface area (Å²) in [6, 6.07) is 6.64. The second-order valence-corrected chi connectivity index (χ2v) is 6.45. The van der Waals surface area contributed by atoms with Crippen molar-refractivity contribution >= 4 is 11.1 Å². The Hall–Kier alpha value is -1.39. The van der Waals surface area contributed by atoms with Crippen molar-refractivity contribution in [2.45, 2.75) is 51.5 Å². The van der Waals surface area contributed by atoms with Crippen molar-refractivity contribution in [1.29, 1.82) is 0 Å². The topological polar surface area (TPSA) is 55.3 Å². The third kappa shape index (κ3) is 3.33. The maximum Gasteiger partial charge on any atom is 0.198 e. The number of aromatic nitrogens is 1. The molecule has 2 N–H and O–H groups in total. The van der Waals surface area contributed by atoms with Crippen LogP contribution in [0, 0.1) is 0 Å². The van der Waals surface area contributed by atoms with Crippen LogP contribution in [0.15, 0.2) is 22.6 Å². The van der Waals surface area contributed by atoms with E-state index in [9.17, 15) is 0 Å². The molecule has 1 unspecified atom stereocenters. The van der Waals surface area contributed by atoms with Gasteiger partial charge in [0.25, 0.3) is 0 Å². The minimum Gasteiger partial charge on any atom is -0.440 e. The molecule has 0 bridgehead atoms. The van der Waals surface area contributed by atoms with Crippen LogP contribution >= 0.6 is 0 Å². The molecule has 2 heterocycles. The highest BCUT2D eigenvalue weighted by atomic mass is 16.3. The Bertz CT molecular complexity index is 614. The monoisotopic (exact) mass is 301 g/mol. The van der Waals surface area contributed by atoms with Crippen molar-refractivity contribution < 1.29 is 4.42 Å². The largest absolute Gasteiger partial charge is 0.440 e. The van der Waals surface area contributed by atoms with Gasteiger partial charge in [0, 0.05) is 18.5 Å². The van der Waals surface area contributed by atoms with E-state index >= 15 is 0 Å². The SMILES string of the molecule is CCc1ccc2oc(C3CCN(CC(N)CC)CC3)nc2c1. The molecule has 1 atom stereocenters. The smallest absolute Gasteiger partial charge is 0.198 e. The van der Waals surface area contributed by atoms with Crippen molar-refractivity contribution in [3.8, 4) is 0 Å². The summed E-state index contributed by atoms with van der Waals surface area (Å²) in [6.07, 6.45) is 4.31. The van der Waals surface area contributed by atoms with Crippen molar-refractivity contribution in [2.24, 2.45) is 5.73 Å². The Labute approximate surface area is 132 Å². The van der Waals surface area contributed by atoms with Gasteiger partial charge in [0.1, 0.15) is 5.52 Å². The highest BCUT2D eigenvalue weighted by molar-refractivity contribution is 5.73. The molecular weight excluding hydrogens is 274 g/mol. The minimum absolute atomic E-state index is 0.299. The van der Waals surface area contributed by atoms with Crippen molar-refractivity contribution in [2.75, 3.05) is 19.6 Å². The summed E-state index contributed by atoms with van der Waals surface area (Å²) >= 11 is 0. The van der Waals surface area contributed by atoms with Crippen molar-refractivity contribution in [3.63, 3.8) is 0 Å². The van der Waals surface area contributed by atoms with E-state index in [0.717, 1.165) is 62.3 Å². The predicted octanol–water partition coefficient (Wildman–Crippen LogP) is 3.31. The van der Waals surface area contributed by atoms with Crippen LogP contribution in [0.25, 0.3) is 11.1 Å². The molecule has 120 valence electrons. The number of piperidine rings is 1. The molecule has 1 aliphatic rings. The molecule has 1 aromatic heterocycles. The van der Waals surface area contributed by atoms with E-state index < -0.39 is 0 Å². The van der Waals surface area contributed by atoms with Crippen LogP contribution in [0.5, 0.6) is 0 Å². The van der Waals surface area contributed by atoms with Gasteiger partial charge in [-0.15, -0.1) is 0 Å². The van der Waals surface area contributed by atoms with Gasteiger partial charge in [0.05, 0.1) is 0 Å². The van der Waals surface area contributed by atoms with Crippen LogP contribution in [-0.4, -0.2) is 35.6 Å². The molecule has 1 aliphatic heterocycles. The molecule has 1 aromatic carbocycles. The van der Waals surface area contributed by atoms with E-state index in [1.807, 2.05) is 0 Å². The Morgan fingerprint density at radius 1 is 1.32 bits per heavy atom. The Kier molecular flexibility index (Phi) is 4.79. The van der Waals surface area contributed by atoms with Gasteiger partial charge in [-0.2, -0.15) is 0 Å². The zero-order chi connectivity index (χ0) is 15.5. The van der Waals surface area contributed by atoms with Gasteiger partial charge in [0.15, 0.2) is 11.5 Å². The first-order valence-electron chi connectivity index (χ1n) is 8.56. The zero-order valence-electron chi connectivity index (χ0n) is 13.7. The Balaban J connectivity index is 1.66. The zero-order valence-corrected chi connectivity index (χ0v) is 13.7. The quantitative estimate of drug-likeness (QED) is 0.920. The van der Waals surface area contributed by atoms with Crippen LogP contribution in [0.4, 0.5) is 0 Å². The fourth-order valence-electron chi connectivity index (χ4n) is 3.21. The van der Waals surface area contributed by atoms with Crippen LogP contribution in [0.3, 0.4) is 0 Å². The first kappa shape index (κ1) is 15.5. The van der Waals surface area contributed by atoms with Gasteiger partial charge in [-0.05, 0) is 56.5 Å². The van der Waals surface area contributed by atoms with E-state index in [4.69, 9.17) is 15.1 Å². The number of fused-ring (bicyclic) bond motifs is 1. The fraction of sp³-hybridized carbons (Fsp3) is 0.611. The van der Waals surface area contributed by atoms with Gasteiger partial charge in [-0.25, -0.2) is 4.98 Å². The lowest BCUT2D eigenvalue weighted by Crippen LogP contribution is -2.41. The highest BCUT2D eigenvalue weighted by Gasteiger charge is 2.25. The molecule has 3 rings (SSSR count).